The molecule has 0 unspecified atom stereocenters. The third kappa shape index (κ3) is 2.69. The van der Waals surface area contributed by atoms with Crippen LogP contribution in [0.3, 0.4) is 0 Å². The van der Waals surface area contributed by atoms with Gasteiger partial charge in [-0.15, -0.1) is 0 Å². The smallest absolute Gasteiger partial charge is 0.166 e. The molecule has 4 heteroatoms. The molecule has 0 spiro atoms. The monoisotopic (exact) mass is 238 g/mol. The number of aromatic amines is 1. The Morgan fingerprint density at radius 3 is 3.00 bits per heavy atom. The second-order valence-electron chi connectivity index (χ2n) is 3.40. The number of hydrogen-bond acceptors (Lipinski definition) is 3. The number of hydrogen-bond donors (Lipinski definition) is 1. The van der Waals surface area contributed by atoms with Crippen molar-refractivity contribution in [2.45, 2.75) is 12.1 Å². The van der Waals surface area contributed by atoms with Crippen LogP contribution in [0, 0.1) is 6.92 Å². The molecule has 2 aromatic rings. The molecule has 0 fully saturated rings. The van der Waals surface area contributed by atoms with E-state index in [9.17, 15) is 0 Å². The third-order valence-electron chi connectivity index (χ3n) is 2.14. The summed E-state index contributed by atoms with van der Waals surface area (Å²) >= 11 is 3.66. The zero-order valence-electron chi connectivity index (χ0n) is 8.91. The Kier molecular flexibility index (Phi) is 3.59. The van der Waals surface area contributed by atoms with Crippen molar-refractivity contribution >= 4 is 34.6 Å². The third-order valence-corrected chi connectivity index (χ3v) is 3.89. The fourth-order valence-electron chi connectivity index (χ4n) is 1.39. The van der Waals surface area contributed by atoms with Crippen LogP contribution in [0.5, 0.6) is 0 Å². The van der Waals surface area contributed by atoms with Crippen molar-refractivity contribution in [3.05, 3.63) is 23.8 Å². The lowest BCUT2D eigenvalue weighted by atomic mass is 10.2. The Balaban J connectivity index is 2.16. The van der Waals surface area contributed by atoms with Gasteiger partial charge in [-0.05, 0) is 30.9 Å². The summed E-state index contributed by atoms with van der Waals surface area (Å²) in [5.74, 6) is 2.28. The predicted molar refractivity (Wildman–Crippen MR) is 69.9 cm³/mol. The van der Waals surface area contributed by atoms with Crippen LogP contribution in [0.25, 0.3) is 11.0 Å². The first-order valence-corrected chi connectivity index (χ1v) is 7.25. The van der Waals surface area contributed by atoms with Gasteiger partial charge in [-0.1, -0.05) is 17.8 Å². The quantitative estimate of drug-likeness (QED) is 0.654. The normalized spacial score (nSPS) is 11.1. The highest BCUT2D eigenvalue weighted by molar-refractivity contribution is 8.02. The minimum Gasteiger partial charge on any atom is -0.333 e. The Hall–Kier alpha value is -0.610. The second kappa shape index (κ2) is 4.94. The minimum absolute atomic E-state index is 1.03. The average molecular weight is 238 g/mol. The summed E-state index contributed by atoms with van der Waals surface area (Å²) in [5.41, 5.74) is 3.47. The predicted octanol–water partition coefficient (Wildman–Crippen LogP) is 3.33. The van der Waals surface area contributed by atoms with Crippen LogP contribution in [0.1, 0.15) is 5.56 Å². The maximum Gasteiger partial charge on any atom is 0.166 e. The molecule has 0 aliphatic heterocycles. The molecule has 0 amide bonds. The molecule has 15 heavy (non-hydrogen) atoms. The molecular formula is C11H14N2S2. The maximum absolute atomic E-state index is 4.52. The first-order chi connectivity index (χ1) is 7.29. The summed E-state index contributed by atoms with van der Waals surface area (Å²) in [6, 6.07) is 6.31. The van der Waals surface area contributed by atoms with Crippen molar-refractivity contribution in [2.75, 3.05) is 17.8 Å². The van der Waals surface area contributed by atoms with Crippen LogP contribution in [-0.2, 0) is 0 Å². The van der Waals surface area contributed by atoms with Crippen molar-refractivity contribution in [2.24, 2.45) is 0 Å². The van der Waals surface area contributed by atoms with E-state index in [0.29, 0.717) is 0 Å². The summed E-state index contributed by atoms with van der Waals surface area (Å²) in [4.78, 5) is 7.86. The van der Waals surface area contributed by atoms with Crippen LogP contribution in [0.4, 0.5) is 0 Å². The Morgan fingerprint density at radius 2 is 2.20 bits per heavy atom. The van der Waals surface area contributed by atoms with E-state index in [1.54, 1.807) is 11.8 Å². The van der Waals surface area contributed by atoms with Gasteiger partial charge < -0.3 is 4.98 Å². The number of aromatic nitrogens is 2. The van der Waals surface area contributed by atoms with Gasteiger partial charge in [-0.25, -0.2) is 4.98 Å². The lowest BCUT2D eigenvalue weighted by Gasteiger charge is -1.93. The molecule has 2 rings (SSSR count). The summed E-state index contributed by atoms with van der Waals surface area (Å²) in [6.45, 7) is 2.10. The number of thioether (sulfide) groups is 2. The molecule has 0 saturated carbocycles. The van der Waals surface area contributed by atoms with Crippen LogP contribution >= 0.6 is 23.5 Å². The van der Waals surface area contributed by atoms with E-state index in [4.69, 9.17) is 0 Å². The maximum atomic E-state index is 4.52. The van der Waals surface area contributed by atoms with E-state index in [-0.39, 0.29) is 0 Å². The van der Waals surface area contributed by atoms with E-state index >= 15 is 0 Å². The van der Waals surface area contributed by atoms with E-state index < -0.39 is 0 Å². The van der Waals surface area contributed by atoms with E-state index in [2.05, 4.69) is 41.3 Å². The Bertz CT molecular complexity index is 451. The number of imidazole rings is 1. The molecule has 80 valence electrons. The molecule has 0 saturated heterocycles. The van der Waals surface area contributed by atoms with Gasteiger partial charge in [0.1, 0.15) is 0 Å². The van der Waals surface area contributed by atoms with Gasteiger partial charge in [0.2, 0.25) is 0 Å². The number of rotatable bonds is 4. The molecule has 0 aliphatic carbocycles. The highest BCUT2D eigenvalue weighted by Crippen LogP contribution is 2.20. The SMILES string of the molecule is CSCCSc1nc2ccc(C)cc2[nH]1. The van der Waals surface area contributed by atoms with Crippen LogP contribution in [-0.4, -0.2) is 27.7 Å². The summed E-state index contributed by atoms with van der Waals surface area (Å²) < 4.78 is 0. The molecule has 1 aromatic heterocycles. The van der Waals surface area contributed by atoms with Gasteiger partial charge in [0.15, 0.2) is 5.16 Å². The highest BCUT2D eigenvalue weighted by Gasteiger charge is 2.02. The van der Waals surface area contributed by atoms with Crippen molar-refractivity contribution in [3.8, 4) is 0 Å². The molecular weight excluding hydrogens is 224 g/mol. The lowest BCUT2D eigenvalue weighted by Crippen LogP contribution is -1.83. The van der Waals surface area contributed by atoms with Gasteiger partial charge >= 0.3 is 0 Å². The average Bonchev–Trinajstić information content (AvgIpc) is 2.60. The van der Waals surface area contributed by atoms with Gasteiger partial charge in [0.05, 0.1) is 11.0 Å². The fraction of sp³-hybridized carbons (Fsp3) is 0.364. The van der Waals surface area contributed by atoms with Crippen LogP contribution < -0.4 is 0 Å². The lowest BCUT2D eigenvalue weighted by molar-refractivity contribution is 1.08. The molecule has 1 aromatic carbocycles. The summed E-state index contributed by atoms with van der Waals surface area (Å²) in [7, 11) is 0. The summed E-state index contributed by atoms with van der Waals surface area (Å²) in [6.07, 6.45) is 2.13. The summed E-state index contributed by atoms with van der Waals surface area (Å²) in [5, 5.41) is 1.03. The molecule has 1 N–H and O–H groups in total. The van der Waals surface area contributed by atoms with Gasteiger partial charge in [-0.2, -0.15) is 11.8 Å². The zero-order chi connectivity index (χ0) is 10.7. The van der Waals surface area contributed by atoms with Crippen molar-refractivity contribution in [1.29, 1.82) is 0 Å². The van der Waals surface area contributed by atoms with E-state index in [1.807, 2.05) is 11.8 Å². The first-order valence-electron chi connectivity index (χ1n) is 4.87. The topological polar surface area (TPSA) is 28.7 Å². The minimum atomic E-state index is 1.03. The number of H-pyrrole nitrogens is 1. The standard InChI is InChI=1S/C11H14N2S2/c1-8-3-4-9-10(7-8)13-11(12-9)15-6-5-14-2/h3-4,7H,5-6H2,1-2H3,(H,12,13). The van der Waals surface area contributed by atoms with Crippen LogP contribution in [0.2, 0.25) is 0 Å². The molecule has 0 atom stereocenters. The largest absolute Gasteiger partial charge is 0.333 e. The molecule has 0 aliphatic rings. The number of aryl methyl sites for hydroxylation is 1. The molecule has 0 radical (unpaired) electrons. The molecule has 2 nitrogen and oxygen atoms in total. The van der Waals surface area contributed by atoms with Crippen LogP contribution in [0.15, 0.2) is 23.4 Å². The van der Waals surface area contributed by atoms with E-state index in [1.165, 1.54) is 11.3 Å². The fourth-order valence-corrected chi connectivity index (χ4v) is 2.93. The molecule has 0 bridgehead atoms. The van der Waals surface area contributed by atoms with Gasteiger partial charge in [-0.3, -0.25) is 0 Å². The number of fused-ring (bicyclic) bond motifs is 1. The van der Waals surface area contributed by atoms with Gasteiger partial charge in [0.25, 0.3) is 0 Å². The zero-order valence-corrected chi connectivity index (χ0v) is 10.5. The number of nitrogens with zero attached hydrogens (tertiary/aromatic N) is 1. The Labute approximate surface area is 98.2 Å². The van der Waals surface area contributed by atoms with Crippen molar-refractivity contribution < 1.29 is 0 Å². The van der Waals surface area contributed by atoms with Gasteiger partial charge in [0, 0.05) is 11.5 Å². The van der Waals surface area contributed by atoms with E-state index in [0.717, 1.165) is 21.9 Å². The number of benzene rings is 1. The van der Waals surface area contributed by atoms with Crippen molar-refractivity contribution in [3.63, 3.8) is 0 Å². The first kappa shape index (κ1) is 10.9. The highest BCUT2D eigenvalue weighted by atomic mass is 32.2. The number of nitrogens with one attached hydrogen (secondary N) is 1. The van der Waals surface area contributed by atoms with Crippen molar-refractivity contribution in [1.82, 2.24) is 9.97 Å². The molecule has 1 heterocycles. The second-order valence-corrected chi connectivity index (χ2v) is 5.47. The Morgan fingerprint density at radius 1 is 1.33 bits per heavy atom.